The van der Waals surface area contributed by atoms with Crippen molar-refractivity contribution in [1.82, 2.24) is 4.90 Å². The molecule has 1 aliphatic heterocycles. The van der Waals surface area contributed by atoms with E-state index >= 15 is 0 Å². The Bertz CT molecular complexity index is 1120. The van der Waals surface area contributed by atoms with E-state index in [1.54, 1.807) is 29.2 Å². The van der Waals surface area contributed by atoms with Gasteiger partial charge in [-0.2, -0.15) is 0 Å². The second-order valence-corrected chi connectivity index (χ2v) is 8.69. The summed E-state index contributed by atoms with van der Waals surface area (Å²) in [6, 6.07) is 11.7. The van der Waals surface area contributed by atoms with Crippen molar-refractivity contribution in [3.05, 3.63) is 75.3 Å². The van der Waals surface area contributed by atoms with E-state index in [4.69, 9.17) is 4.74 Å². The molecular weight excluding hydrogens is 424 g/mol. The molecule has 1 atom stereocenters. The van der Waals surface area contributed by atoms with Crippen molar-refractivity contribution in [3.8, 4) is 5.75 Å². The molecule has 1 heterocycles. The van der Waals surface area contributed by atoms with Gasteiger partial charge < -0.3 is 14.7 Å². The van der Waals surface area contributed by atoms with Crippen molar-refractivity contribution >= 4 is 23.1 Å². The molecular formula is C25H26N2O6. The number of rotatable bonds is 6. The van der Waals surface area contributed by atoms with Crippen LogP contribution in [0.5, 0.6) is 5.75 Å². The number of non-ortho nitro benzene ring substituents is 1. The lowest BCUT2D eigenvalue weighted by molar-refractivity contribution is -0.384. The van der Waals surface area contributed by atoms with Crippen LogP contribution in [-0.4, -0.2) is 38.8 Å². The Morgan fingerprint density at radius 1 is 1.12 bits per heavy atom. The molecule has 0 spiro atoms. The summed E-state index contributed by atoms with van der Waals surface area (Å²) in [5.74, 6) is -1.19. The molecule has 2 fully saturated rings. The summed E-state index contributed by atoms with van der Waals surface area (Å²) in [4.78, 5) is 38.5. The number of aliphatic hydroxyl groups excluding tert-OH is 1. The SMILES string of the molecule is CC(C)Oc1ccc(C2/C(=C(/O)c3cccc([N+](=O)[O-])c3)C(=O)C(=O)N2C2CCCC2)cc1. The summed E-state index contributed by atoms with van der Waals surface area (Å²) in [6.07, 6.45) is 3.50. The number of ketones is 1. The number of likely N-dealkylation sites (tertiary alicyclic amines) is 1. The predicted molar refractivity (Wildman–Crippen MR) is 122 cm³/mol. The highest BCUT2D eigenvalue weighted by atomic mass is 16.6. The van der Waals surface area contributed by atoms with Crippen LogP contribution in [0.4, 0.5) is 5.69 Å². The summed E-state index contributed by atoms with van der Waals surface area (Å²) < 4.78 is 5.71. The second-order valence-electron chi connectivity index (χ2n) is 8.69. The van der Waals surface area contributed by atoms with E-state index in [9.17, 15) is 24.8 Å². The lowest BCUT2D eigenvalue weighted by atomic mass is 9.94. The fraction of sp³-hybridized carbons (Fsp3) is 0.360. The minimum atomic E-state index is -0.779. The molecule has 1 N–H and O–H groups in total. The van der Waals surface area contributed by atoms with Gasteiger partial charge >= 0.3 is 0 Å². The van der Waals surface area contributed by atoms with Gasteiger partial charge in [-0.25, -0.2) is 0 Å². The Kier molecular flexibility index (Phi) is 6.18. The van der Waals surface area contributed by atoms with Crippen molar-refractivity contribution in [2.45, 2.75) is 57.7 Å². The van der Waals surface area contributed by atoms with Crippen molar-refractivity contribution in [2.75, 3.05) is 0 Å². The number of hydrogen-bond donors (Lipinski definition) is 1. The van der Waals surface area contributed by atoms with Crippen LogP contribution in [0.25, 0.3) is 5.76 Å². The van der Waals surface area contributed by atoms with Crippen LogP contribution >= 0.6 is 0 Å². The number of carbonyl (C=O) groups excluding carboxylic acids is 2. The molecule has 0 bridgehead atoms. The van der Waals surface area contributed by atoms with E-state index in [-0.39, 0.29) is 29.0 Å². The highest BCUT2D eigenvalue weighted by Gasteiger charge is 2.49. The first-order valence-electron chi connectivity index (χ1n) is 11.1. The molecule has 2 aromatic rings. The van der Waals surface area contributed by atoms with Crippen LogP contribution in [-0.2, 0) is 9.59 Å². The highest BCUT2D eigenvalue weighted by Crippen LogP contribution is 2.43. The van der Waals surface area contributed by atoms with Crippen LogP contribution < -0.4 is 4.74 Å². The fourth-order valence-electron chi connectivity index (χ4n) is 4.66. The smallest absolute Gasteiger partial charge is 0.295 e. The van der Waals surface area contributed by atoms with E-state index in [0.717, 1.165) is 25.7 Å². The van der Waals surface area contributed by atoms with E-state index in [2.05, 4.69) is 0 Å². The van der Waals surface area contributed by atoms with Gasteiger partial charge in [0.25, 0.3) is 17.4 Å². The summed E-state index contributed by atoms with van der Waals surface area (Å²) in [7, 11) is 0. The molecule has 2 aromatic carbocycles. The number of nitro groups is 1. The Hall–Kier alpha value is -3.68. The van der Waals surface area contributed by atoms with Crippen molar-refractivity contribution in [2.24, 2.45) is 0 Å². The molecule has 4 rings (SSSR count). The number of Topliss-reactive ketones (excluding diaryl/α,β-unsaturated/α-hetero) is 1. The molecule has 1 amide bonds. The minimum absolute atomic E-state index is 0.00570. The van der Waals surface area contributed by atoms with E-state index in [1.165, 1.54) is 24.3 Å². The van der Waals surface area contributed by atoms with Gasteiger partial charge in [-0.3, -0.25) is 19.7 Å². The van der Waals surface area contributed by atoms with E-state index in [0.29, 0.717) is 11.3 Å². The summed E-state index contributed by atoms with van der Waals surface area (Å²) in [5, 5.41) is 22.3. The zero-order valence-corrected chi connectivity index (χ0v) is 18.6. The van der Waals surface area contributed by atoms with Gasteiger partial charge in [0, 0.05) is 23.7 Å². The maximum absolute atomic E-state index is 13.1. The summed E-state index contributed by atoms with van der Waals surface area (Å²) in [5.41, 5.74) is 0.531. The third-order valence-corrected chi connectivity index (χ3v) is 6.10. The molecule has 0 radical (unpaired) electrons. The summed E-state index contributed by atoms with van der Waals surface area (Å²) >= 11 is 0. The zero-order chi connectivity index (χ0) is 23.7. The first-order valence-corrected chi connectivity index (χ1v) is 11.1. The van der Waals surface area contributed by atoms with Gasteiger partial charge in [-0.15, -0.1) is 0 Å². The number of carbonyl (C=O) groups is 2. The number of amides is 1. The molecule has 8 nitrogen and oxygen atoms in total. The molecule has 2 aliphatic rings. The Morgan fingerprint density at radius 2 is 1.79 bits per heavy atom. The monoisotopic (exact) mass is 450 g/mol. The number of nitrogens with zero attached hydrogens (tertiary/aromatic N) is 2. The topological polar surface area (TPSA) is 110 Å². The molecule has 8 heteroatoms. The van der Waals surface area contributed by atoms with Crippen LogP contribution in [0.3, 0.4) is 0 Å². The standard InChI is InChI=1S/C25H26N2O6/c1-15(2)33-20-12-10-16(11-13-20)22-21(23(28)17-6-5-9-19(14-17)27(31)32)24(29)25(30)26(22)18-7-3-4-8-18/h5-6,9-15,18,22,28H,3-4,7-8H2,1-2H3/b23-21-. The molecule has 1 saturated carbocycles. The molecule has 33 heavy (non-hydrogen) atoms. The largest absolute Gasteiger partial charge is 0.507 e. The van der Waals surface area contributed by atoms with Gasteiger partial charge in [0.2, 0.25) is 0 Å². The first kappa shape index (κ1) is 22.5. The average molecular weight is 450 g/mol. The third kappa shape index (κ3) is 4.33. The first-order chi connectivity index (χ1) is 15.8. The Balaban J connectivity index is 1.84. The minimum Gasteiger partial charge on any atom is -0.507 e. The van der Waals surface area contributed by atoms with E-state index in [1.807, 2.05) is 13.8 Å². The molecule has 1 saturated heterocycles. The molecule has 1 unspecified atom stereocenters. The van der Waals surface area contributed by atoms with Gasteiger partial charge in [-0.1, -0.05) is 37.1 Å². The lowest BCUT2D eigenvalue weighted by Gasteiger charge is -2.30. The summed E-state index contributed by atoms with van der Waals surface area (Å²) in [6.45, 7) is 3.84. The van der Waals surface area contributed by atoms with Gasteiger partial charge in [0.1, 0.15) is 11.5 Å². The highest BCUT2D eigenvalue weighted by molar-refractivity contribution is 6.46. The lowest BCUT2D eigenvalue weighted by Crippen LogP contribution is -2.37. The second kappa shape index (κ2) is 9.05. The number of nitro benzene ring substituents is 1. The predicted octanol–water partition coefficient (Wildman–Crippen LogP) is 4.75. The van der Waals surface area contributed by atoms with Crippen LogP contribution in [0.2, 0.25) is 0 Å². The maximum Gasteiger partial charge on any atom is 0.295 e. The van der Waals surface area contributed by atoms with Gasteiger partial charge in [0.05, 0.1) is 22.6 Å². The quantitative estimate of drug-likeness (QED) is 0.224. The maximum atomic E-state index is 13.1. The average Bonchev–Trinajstić information content (AvgIpc) is 3.40. The Labute approximate surface area is 191 Å². The van der Waals surface area contributed by atoms with Crippen LogP contribution in [0.15, 0.2) is 54.1 Å². The van der Waals surface area contributed by atoms with Crippen molar-refractivity contribution < 1.29 is 24.4 Å². The fourth-order valence-corrected chi connectivity index (χ4v) is 4.66. The van der Waals surface area contributed by atoms with Crippen LogP contribution in [0.1, 0.15) is 56.7 Å². The number of benzene rings is 2. The number of hydrogen-bond acceptors (Lipinski definition) is 6. The number of ether oxygens (including phenoxy) is 1. The normalized spacial score (nSPS) is 20.6. The van der Waals surface area contributed by atoms with Crippen molar-refractivity contribution in [1.29, 1.82) is 0 Å². The van der Waals surface area contributed by atoms with E-state index < -0.39 is 28.4 Å². The van der Waals surface area contributed by atoms with Crippen molar-refractivity contribution in [3.63, 3.8) is 0 Å². The number of aliphatic hydroxyl groups is 1. The Morgan fingerprint density at radius 3 is 2.39 bits per heavy atom. The van der Waals surface area contributed by atoms with Gasteiger partial charge in [-0.05, 0) is 44.4 Å². The zero-order valence-electron chi connectivity index (χ0n) is 18.6. The molecule has 172 valence electrons. The third-order valence-electron chi connectivity index (χ3n) is 6.10. The molecule has 1 aliphatic carbocycles. The molecule has 0 aromatic heterocycles. The van der Waals surface area contributed by atoms with Crippen LogP contribution in [0, 0.1) is 10.1 Å². The van der Waals surface area contributed by atoms with Gasteiger partial charge in [0.15, 0.2) is 0 Å².